The van der Waals surface area contributed by atoms with E-state index in [0.29, 0.717) is 35.9 Å². The first-order valence-corrected chi connectivity index (χ1v) is 9.55. The molecule has 2 aromatic heterocycles. The van der Waals surface area contributed by atoms with Gasteiger partial charge in [-0.1, -0.05) is 13.0 Å². The average molecular weight is 394 g/mol. The monoisotopic (exact) mass is 394 g/mol. The van der Waals surface area contributed by atoms with Crippen molar-refractivity contribution >= 4 is 23.0 Å². The van der Waals surface area contributed by atoms with Crippen LogP contribution in [0, 0.1) is 0 Å². The van der Waals surface area contributed by atoms with Gasteiger partial charge >= 0.3 is 0 Å². The highest BCUT2D eigenvalue weighted by molar-refractivity contribution is 6.06. The molecule has 4 rings (SSSR count). The van der Waals surface area contributed by atoms with Crippen LogP contribution < -0.4 is 20.1 Å². The predicted molar refractivity (Wildman–Crippen MR) is 108 cm³/mol. The van der Waals surface area contributed by atoms with E-state index in [9.17, 15) is 9.59 Å². The minimum absolute atomic E-state index is 0.0120. The van der Waals surface area contributed by atoms with Gasteiger partial charge < -0.3 is 20.1 Å². The third-order valence-corrected chi connectivity index (χ3v) is 4.76. The second kappa shape index (κ2) is 7.83. The number of nitrogens with zero attached hydrogens (tertiary/aromatic N) is 2. The highest BCUT2D eigenvalue weighted by Gasteiger charge is 2.22. The Morgan fingerprint density at radius 3 is 2.72 bits per heavy atom. The zero-order valence-corrected chi connectivity index (χ0v) is 16.3. The van der Waals surface area contributed by atoms with Gasteiger partial charge in [0.2, 0.25) is 5.82 Å². The minimum atomic E-state index is -0.425. The van der Waals surface area contributed by atoms with E-state index >= 15 is 0 Å². The number of carbonyl (C=O) groups is 2. The molecule has 1 aliphatic rings. The van der Waals surface area contributed by atoms with Crippen molar-refractivity contribution in [2.24, 2.45) is 0 Å². The predicted octanol–water partition coefficient (Wildman–Crippen LogP) is 2.89. The molecule has 2 N–H and O–H groups in total. The lowest BCUT2D eigenvalue weighted by Crippen LogP contribution is -2.32. The van der Waals surface area contributed by atoms with Gasteiger partial charge in [0.05, 0.1) is 5.52 Å². The van der Waals surface area contributed by atoms with Crippen LogP contribution in [-0.4, -0.2) is 40.5 Å². The summed E-state index contributed by atoms with van der Waals surface area (Å²) in [5.74, 6) is 0.622. The molecule has 3 aromatic rings. The van der Waals surface area contributed by atoms with Crippen LogP contribution in [0.25, 0.3) is 5.52 Å². The molecule has 8 heteroatoms. The number of carbonyl (C=O) groups excluding carboxylic acids is 2. The van der Waals surface area contributed by atoms with Crippen molar-refractivity contribution in [2.75, 3.05) is 18.5 Å². The number of imidazole rings is 1. The van der Waals surface area contributed by atoms with Crippen molar-refractivity contribution < 1.29 is 19.1 Å². The van der Waals surface area contributed by atoms with Gasteiger partial charge in [0.15, 0.2) is 17.2 Å². The molecule has 2 amide bonds. The fourth-order valence-electron chi connectivity index (χ4n) is 3.07. The summed E-state index contributed by atoms with van der Waals surface area (Å²) in [4.78, 5) is 29.9. The third-order valence-electron chi connectivity index (χ3n) is 4.76. The second-order valence-corrected chi connectivity index (χ2v) is 6.84. The number of pyridine rings is 1. The van der Waals surface area contributed by atoms with Crippen LogP contribution in [0.4, 0.5) is 5.69 Å². The summed E-state index contributed by atoms with van der Waals surface area (Å²) in [6.45, 7) is 4.87. The van der Waals surface area contributed by atoms with Gasteiger partial charge in [-0.3, -0.25) is 14.0 Å². The number of fused-ring (bicyclic) bond motifs is 2. The fraction of sp³-hybridized carbons (Fsp3) is 0.286. The molecule has 0 aliphatic carbocycles. The Labute approximate surface area is 167 Å². The van der Waals surface area contributed by atoms with Gasteiger partial charge in [-0.05, 0) is 37.6 Å². The van der Waals surface area contributed by atoms with E-state index in [1.54, 1.807) is 47.0 Å². The average Bonchev–Trinajstić information content (AvgIpc) is 3.13. The first-order valence-electron chi connectivity index (χ1n) is 9.55. The lowest BCUT2D eigenvalue weighted by atomic mass is 10.2. The van der Waals surface area contributed by atoms with Crippen LogP contribution in [0.5, 0.6) is 11.5 Å². The molecule has 3 heterocycles. The minimum Gasteiger partial charge on any atom is -0.486 e. The number of aromatic nitrogens is 2. The lowest BCUT2D eigenvalue weighted by Gasteiger charge is -2.18. The van der Waals surface area contributed by atoms with Gasteiger partial charge in [-0.25, -0.2) is 4.98 Å². The smallest absolute Gasteiger partial charge is 0.292 e. The van der Waals surface area contributed by atoms with E-state index in [0.717, 1.165) is 6.42 Å². The molecule has 0 saturated carbocycles. The molecular formula is C21H22N4O4. The number of ether oxygens (including phenoxy) is 2. The number of nitrogens with one attached hydrogen (secondary N) is 2. The van der Waals surface area contributed by atoms with Crippen molar-refractivity contribution in [1.82, 2.24) is 14.7 Å². The summed E-state index contributed by atoms with van der Waals surface area (Å²) < 4.78 is 12.7. The van der Waals surface area contributed by atoms with E-state index < -0.39 is 5.91 Å². The van der Waals surface area contributed by atoms with E-state index in [4.69, 9.17) is 9.47 Å². The maximum atomic E-state index is 12.9. The number of amides is 2. The first-order chi connectivity index (χ1) is 14.1. The number of hydrogen-bond acceptors (Lipinski definition) is 5. The Morgan fingerprint density at radius 2 is 1.93 bits per heavy atom. The Kier molecular flexibility index (Phi) is 5.07. The van der Waals surface area contributed by atoms with E-state index in [2.05, 4.69) is 15.6 Å². The molecule has 0 fully saturated rings. The molecule has 0 saturated heterocycles. The normalized spacial score (nSPS) is 13.7. The third kappa shape index (κ3) is 3.73. The molecule has 0 radical (unpaired) electrons. The van der Waals surface area contributed by atoms with Crippen LogP contribution in [-0.2, 0) is 0 Å². The number of anilines is 1. The molecular weight excluding hydrogens is 372 g/mol. The van der Waals surface area contributed by atoms with Crippen molar-refractivity contribution in [3.63, 3.8) is 0 Å². The number of hydrogen-bond donors (Lipinski definition) is 2. The Bertz CT molecular complexity index is 1080. The van der Waals surface area contributed by atoms with E-state index in [1.165, 1.54) is 0 Å². The molecule has 1 aliphatic heterocycles. The topological polar surface area (TPSA) is 94.0 Å². The molecule has 1 unspecified atom stereocenters. The van der Waals surface area contributed by atoms with Crippen molar-refractivity contribution in [3.8, 4) is 11.5 Å². The number of benzene rings is 1. The molecule has 0 spiro atoms. The summed E-state index contributed by atoms with van der Waals surface area (Å²) in [6.07, 6.45) is 2.51. The van der Waals surface area contributed by atoms with Crippen LogP contribution in [0.1, 0.15) is 41.4 Å². The maximum Gasteiger partial charge on any atom is 0.292 e. The van der Waals surface area contributed by atoms with E-state index in [-0.39, 0.29) is 23.5 Å². The van der Waals surface area contributed by atoms with Crippen LogP contribution in [0.15, 0.2) is 42.6 Å². The van der Waals surface area contributed by atoms with Gasteiger partial charge in [-0.2, -0.15) is 0 Å². The molecule has 29 heavy (non-hydrogen) atoms. The molecule has 150 valence electrons. The molecule has 8 nitrogen and oxygen atoms in total. The Morgan fingerprint density at radius 1 is 1.14 bits per heavy atom. The SMILES string of the molecule is CCC(C)NC(=O)c1nc(C(=O)Nc2ccc3c(c2)OCCO3)n2ccccc12. The zero-order valence-electron chi connectivity index (χ0n) is 16.3. The lowest BCUT2D eigenvalue weighted by molar-refractivity contribution is 0.0936. The maximum absolute atomic E-state index is 12.9. The Hall–Kier alpha value is -3.55. The van der Waals surface area contributed by atoms with Crippen molar-refractivity contribution in [3.05, 3.63) is 54.1 Å². The summed E-state index contributed by atoms with van der Waals surface area (Å²) in [6, 6.07) is 10.6. The highest BCUT2D eigenvalue weighted by Crippen LogP contribution is 2.32. The standard InChI is InChI=1S/C21H22N4O4/c1-3-13(2)22-20(26)18-15-6-4-5-9-25(15)19(24-18)21(27)23-14-7-8-16-17(12-14)29-11-10-28-16/h4-9,12-13H,3,10-11H2,1-2H3,(H,22,26)(H,23,27). The number of rotatable bonds is 5. The zero-order chi connectivity index (χ0) is 20.4. The van der Waals surface area contributed by atoms with Crippen molar-refractivity contribution in [2.45, 2.75) is 26.3 Å². The van der Waals surface area contributed by atoms with Gasteiger partial charge in [0.25, 0.3) is 11.8 Å². The Balaban J connectivity index is 1.63. The van der Waals surface area contributed by atoms with E-state index in [1.807, 2.05) is 13.8 Å². The first kappa shape index (κ1) is 18.8. The van der Waals surface area contributed by atoms with Crippen LogP contribution >= 0.6 is 0 Å². The fourth-order valence-corrected chi connectivity index (χ4v) is 3.07. The summed E-state index contributed by atoms with van der Waals surface area (Å²) >= 11 is 0. The van der Waals surface area contributed by atoms with Gasteiger partial charge in [-0.15, -0.1) is 0 Å². The summed E-state index contributed by atoms with van der Waals surface area (Å²) in [5.41, 5.74) is 1.34. The largest absolute Gasteiger partial charge is 0.486 e. The van der Waals surface area contributed by atoms with Gasteiger partial charge in [0, 0.05) is 24.0 Å². The molecule has 0 bridgehead atoms. The molecule has 1 aromatic carbocycles. The van der Waals surface area contributed by atoms with Gasteiger partial charge in [0.1, 0.15) is 13.2 Å². The molecule has 1 atom stereocenters. The van der Waals surface area contributed by atoms with Crippen LogP contribution in [0.3, 0.4) is 0 Å². The van der Waals surface area contributed by atoms with Crippen molar-refractivity contribution in [1.29, 1.82) is 0 Å². The second-order valence-electron chi connectivity index (χ2n) is 6.84. The van der Waals surface area contributed by atoms with Crippen LogP contribution in [0.2, 0.25) is 0 Å². The quantitative estimate of drug-likeness (QED) is 0.694. The summed E-state index contributed by atoms with van der Waals surface area (Å²) in [7, 11) is 0. The highest BCUT2D eigenvalue weighted by atomic mass is 16.6. The summed E-state index contributed by atoms with van der Waals surface area (Å²) in [5, 5.41) is 5.71.